The molecule has 28 heavy (non-hydrogen) atoms. The summed E-state index contributed by atoms with van der Waals surface area (Å²) >= 11 is 18.2. The first-order chi connectivity index (χ1) is 13.3. The second-order valence-corrected chi connectivity index (χ2v) is 6.88. The maximum absolute atomic E-state index is 12.8. The van der Waals surface area contributed by atoms with Crippen LogP contribution in [0, 0.1) is 0 Å². The molecule has 0 unspecified atom stereocenters. The molecule has 1 heterocycles. The average Bonchev–Trinajstić information content (AvgIpc) is 2.88. The maximum atomic E-state index is 12.8. The van der Waals surface area contributed by atoms with E-state index in [4.69, 9.17) is 39.5 Å². The van der Waals surface area contributed by atoms with Crippen molar-refractivity contribution in [1.29, 1.82) is 0 Å². The van der Waals surface area contributed by atoms with Crippen LogP contribution >= 0.6 is 34.8 Å². The number of nitrogens with zero attached hydrogens (tertiary/aromatic N) is 1. The number of esters is 1. The van der Waals surface area contributed by atoms with E-state index < -0.39 is 17.8 Å². The first-order valence-corrected chi connectivity index (χ1v) is 9.24. The van der Waals surface area contributed by atoms with Gasteiger partial charge in [0.1, 0.15) is 10.7 Å². The predicted octanol–water partition coefficient (Wildman–Crippen LogP) is 4.61. The highest BCUT2D eigenvalue weighted by Gasteiger charge is 2.40. The highest BCUT2D eigenvalue weighted by atomic mass is 35.5. The molecule has 144 valence electrons. The van der Waals surface area contributed by atoms with Gasteiger partial charge in [0.2, 0.25) is 0 Å². The molecular formula is C19H13Cl3N2O4. The third kappa shape index (κ3) is 3.85. The highest BCUT2D eigenvalue weighted by molar-refractivity contribution is 6.54. The lowest BCUT2D eigenvalue weighted by molar-refractivity contribution is -0.120. The number of hydrogen-bond acceptors (Lipinski definition) is 5. The van der Waals surface area contributed by atoms with Gasteiger partial charge in [-0.25, -0.2) is 9.69 Å². The minimum atomic E-state index is -0.736. The Morgan fingerprint density at radius 2 is 1.82 bits per heavy atom. The second kappa shape index (κ2) is 8.22. The number of carbonyl (C=O) groups excluding carboxylic acids is 3. The number of hydrogen-bond donors (Lipinski definition) is 1. The average molecular weight is 440 g/mol. The van der Waals surface area contributed by atoms with E-state index in [2.05, 4.69) is 5.32 Å². The fourth-order valence-electron chi connectivity index (χ4n) is 2.57. The third-order valence-corrected chi connectivity index (χ3v) is 4.72. The van der Waals surface area contributed by atoms with E-state index in [1.807, 2.05) is 0 Å². The lowest BCUT2D eigenvalue weighted by Crippen LogP contribution is -2.32. The molecule has 0 radical (unpaired) electrons. The Hall–Kier alpha value is -2.54. The smallest absolute Gasteiger partial charge is 0.338 e. The summed E-state index contributed by atoms with van der Waals surface area (Å²) in [6, 6.07) is 10.7. The molecule has 1 aliphatic rings. The molecule has 0 aromatic heterocycles. The van der Waals surface area contributed by atoms with E-state index in [1.54, 1.807) is 25.1 Å². The van der Waals surface area contributed by atoms with Crippen molar-refractivity contribution in [1.82, 2.24) is 0 Å². The van der Waals surface area contributed by atoms with Crippen molar-refractivity contribution in [3.05, 3.63) is 68.8 Å². The standard InChI is InChI=1S/C19H13Cl3N2O4/c1-2-28-19(27)10-4-3-5-12(8-10)23-16-15(22)17(25)24(18(16)26)14-9-11(20)6-7-13(14)21/h3-9,23H,2H2,1H3. The molecule has 0 saturated carbocycles. The van der Waals surface area contributed by atoms with E-state index in [-0.39, 0.29) is 33.6 Å². The molecule has 2 aromatic rings. The molecule has 2 amide bonds. The maximum Gasteiger partial charge on any atom is 0.338 e. The Morgan fingerprint density at radius 3 is 2.54 bits per heavy atom. The molecule has 2 aromatic carbocycles. The Kier molecular flexibility index (Phi) is 5.93. The van der Waals surface area contributed by atoms with Crippen LogP contribution in [-0.2, 0) is 14.3 Å². The van der Waals surface area contributed by atoms with Crippen LogP contribution in [-0.4, -0.2) is 24.4 Å². The van der Waals surface area contributed by atoms with Crippen LogP contribution in [0.4, 0.5) is 11.4 Å². The summed E-state index contributed by atoms with van der Waals surface area (Å²) < 4.78 is 4.95. The molecule has 3 rings (SSSR count). The number of rotatable bonds is 5. The number of anilines is 2. The van der Waals surface area contributed by atoms with E-state index >= 15 is 0 Å². The van der Waals surface area contributed by atoms with E-state index in [0.717, 1.165) is 4.90 Å². The number of ether oxygens (including phenoxy) is 1. The first-order valence-electron chi connectivity index (χ1n) is 8.11. The van der Waals surface area contributed by atoms with Gasteiger partial charge in [0, 0.05) is 10.7 Å². The Labute approximate surface area is 175 Å². The van der Waals surface area contributed by atoms with Gasteiger partial charge in [-0.3, -0.25) is 9.59 Å². The van der Waals surface area contributed by atoms with Gasteiger partial charge >= 0.3 is 5.97 Å². The number of nitrogens with one attached hydrogen (secondary N) is 1. The topological polar surface area (TPSA) is 75.7 Å². The predicted molar refractivity (Wildman–Crippen MR) is 108 cm³/mol. The number of imide groups is 1. The molecule has 1 N–H and O–H groups in total. The van der Waals surface area contributed by atoms with Gasteiger partial charge in [0.25, 0.3) is 11.8 Å². The molecule has 0 spiro atoms. The number of carbonyl (C=O) groups is 3. The first kappa shape index (κ1) is 20.2. The van der Waals surface area contributed by atoms with Gasteiger partial charge in [0.15, 0.2) is 0 Å². The number of halogens is 3. The Bertz CT molecular complexity index is 1020. The normalized spacial score (nSPS) is 13.9. The molecule has 0 fully saturated rings. The summed E-state index contributed by atoms with van der Waals surface area (Å²) in [5.41, 5.74) is 0.664. The van der Waals surface area contributed by atoms with Gasteiger partial charge in [-0.05, 0) is 43.3 Å². The quantitative estimate of drug-likeness (QED) is 0.544. The lowest BCUT2D eigenvalue weighted by atomic mass is 10.2. The molecule has 9 heteroatoms. The van der Waals surface area contributed by atoms with Crippen LogP contribution < -0.4 is 10.2 Å². The van der Waals surface area contributed by atoms with Crippen molar-refractivity contribution in [2.75, 3.05) is 16.8 Å². The van der Waals surface area contributed by atoms with E-state index in [0.29, 0.717) is 10.7 Å². The minimum absolute atomic E-state index is 0.124. The molecule has 0 saturated heterocycles. The molecule has 6 nitrogen and oxygen atoms in total. The molecule has 0 bridgehead atoms. The summed E-state index contributed by atoms with van der Waals surface area (Å²) in [6.07, 6.45) is 0. The van der Waals surface area contributed by atoms with Crippen molar-refractivity contribution in [3.63, 3.8) is 0 Å². The second-order valence-electron chi connectivity index (χ2n) is 5.66. The summed E-state index contributed by atoms with van der Waals surface area (Å²) in [7, 11) is 0. The summed E-state index contributed by atoms with van der Waals surface area (Å²) in [6.45, 7) is 1.93. The van der Waals surface area contributed by atoms with Gasteiger partial charge in [-0.2, -0.15) is 0 Å². The Balaban J connectivity index is 1.90. The van der Waals surface area contributed by atoms with Gasteiger partial charge < -0.3 is 10.1 Å². The third-order valence-electron chi connectivity index (χ3n) is 3.82. The highest BCUT2D eigenvalue weighted by Crippen LogP contribution is 2.35. The molecule has 0 aliphatic carbocycles. The minimum Gasteiger partial charge on any atom is -0.462 e. The van der Waals surface area contributed by atoms with Crippen molar-refractivity contribution in [2.24, 2.45) is 0 Å². The van der Waals surface area contributed by atoms with Crippen LogP contribution in [0.25, 0.3) is 0 Å². The summed E-state index contributed by atoms with van der Waals surface area (Å²) in [5.74, 6) is -1.94. The van der Waals surface area contributed by atoms with Crippen LogP contribution in [0.2, 0.25) is 10.0 Å². The lowest BCUT2D eigenvalue weighted by Gasteiger charge is -2.17. The van der Waals surface area contributed by atoms with E-state index in [1.165, 1.54) is 24.3 Å². The number of amides is 2. The molecule has 0 atom stereocenters. The number of benzene rings is 2. The summed E-state index contributed by atoms with van der Waals surface area (Å²) in [4.78, 5) is 38.1. The van der Waals surface area contributed by atoms with Crippen molar-refractivity contribution in [3.8, 4) is 0 Å². The molecule has 1 aliphatic heterocycles. The monoisotopic (exact) mass is 438 g/mol. The van der Waals surface area contributed by atoms with Crippen molar-refractivity contribution in [2.45, 2.75) is 6.92 Å². The van der Waals surface area contributed by atoms with Crippen molar-refractivity contribution >= 4 is 64.0 Å². The van der Waals surface area contributed by atoms with Gasteiger partial charge in [-0.1, -0.05) is 40.9 Å². The van der Waals surface area contributed by atoms with Gasteiger partial charge in [-0.15, -0.1) is 0 Å². The van der Waals surface area contributed by atoms with Crippen molar-refractivity contribution < 1.29 is 19.1 Å². The van der Waals surface area contributed by atoms with Crippen LogP contribution in [0.1, 0.15) is 17.3 Å². The zero-order valence-electron chi connectivity index (χ0n) is 14.5. The summed E-state index contributed by atoms with van der Waals surface area (Å²) in [5, 5.41) is 2.96. The zero-order valence-corrected chi connectivity index (χ0v) is 16.7. The molecular weight excluding hydrogens is 427 g/mol. The fourth-order valence-corrected chi connectivity index (χ4v) is 3.15. The van der Waals surface area contributed by atoms with Crippen LogP contribution in [0.15, 0.2) is 53.2 Å². The Morgan fingerprint density at radius 1 is 1.07 bits per heavy atom. The van der Waals surface area contributed by atoms with Crippen LogP contribution in [0.3, 0.4) is 0 Å². The van der Waals surface area contributed by atoms with Gasteiger partial charge in [0.05, 0.1) is 22.9 Å². The fraction of sp³-hybridized carbons (Fsp3) is 0.105. The zero-order chi connectivity index (χ0) is 20.4. The SMILES string of the molecule is CCOC(=O)c1cccc(NC2=C(Cl)C(=O)N(c3cc(Cl)ccc3Cl)C2=O)c1. The largest absolute Gasteiger partial charge is 0.462 e. The van der Waals surface area contributed by atoms with E-state index in [9.17, 15) is 14.4 Å². The van der Waals surface area contributed by atoms with Crippen LogP contribution in [0.5, 0.6) is 0 Å².